The van der Waals surface area contributed by atoms with E-state index in [1.807, 2.05) is 23.6 Å². The minimum atomic E-state index is -0.150. The van der Waals surface area contributed by atoms with Crippen LogP contribution in [-0.2, 0) is 9.59 Å². The zero-order valence-electron chi connectivity index (χ0n) is 11.0. The summed E-state index contributed by atoms with van der Waals surface area (Å²) in [7, 11) is 1.79. The minimum absolute atomic E-state index is 0.123. The van der Waals surface area contributed by atoms with E-state index in [0.717, 1.165) is 19.5 Å². The third kappa shape index (κ3) is 3.70. The van der Waals surface area contributed by atoms with E-state index in [9.17, 15) is 9.59 Å². The van der Waals surface area contributed by atoms with Crippen LogP contribution in [0.2, 0.25) is 0 Å². The van der Waals surface area contributed by atoms with Gasteiger partial charge in [0.2, 0.25) is 11.8 Å². The lowest BCUT2D eigenvalue weighted by Gasteiger charge is -2.24. The molecule has 17 heavy (non-hydrogen) atoms. The Morgan fingerprint density at radius 2 is 1.76 bits per heavy atom. The Kier molecular flexibility index (Phi) is 5.41. The van der Waals surface area contributed by atoms with Crippen molar-refractivity contribution >= 4 is 11.8 Å². The fourth-order valence-electron chi connectivity index (χ4n) is 2.01. The van der Waals surface area contributed by atoms with Crippen molar-refractivity contribution in [3.8, 4) is 0 Å². The van der Waals surface area contributed by atoms with Crippen LogP contribution in [0.3, 0.4) is 0 Å². The summed E-state index contributed by atoms with van der Waals surface area (Å²) in [6, 6.07) is -0.150. The smallest absolute Gasteiger partial charge is 0.239 e. The summed E-state index contributed by atoms with van der Waals surface area (Å²) in [4.78, 5) is 27.3. The number of likely N-dealkylation sites (N-methyl/N-ethyl adjacent to an activating group) is 1. The van der Waals surface area contributed by atoms with Gasteiger partial charge in [-0.15, -0.1) is 0 Å². The Morgan fingerprint density at radius 1 is 1.18 bits per heavy atom. The molecule has 0 aromatic carbocycles. The van der Waals surface area contributed by atoms with Crippen molar-refractivity contribution in [2.45, 2.75) is 32.7 Å². The summed E-state index contributed by atoms with van der Waals surface area (Å²) in [5.41, 5.74) is 0. The van der Waals surface area contributed by atoms with E-state index in [4.69, 9.17) is 0 Å². The number of hydrogen-bond donors (Lipinski definition) is 1. The van der Waals surface area contributed by atoms with Gasteiger partial charge in [0.1, 0.15) is 0 Å². The molecule has 5 heteroatoms. The second-order valence-corrected chi connectivity index (χ2v) is 4.42. The van der Waals surface area contributed by atoms with Crippen LogP contribution in [0.25, 0.3) is 0 Å². The molecule has 1 heterocycles. The van der Waals surface area contributed by atoms with Crippen LogP contribution in [0.1, 0.15) is 26.7 Å². The van der Waals surface area contributed by atoms with E-state index in [-0.39, 0.29) is 17.9 Å². The van der Waals surface area contributed by atoms with E-state index < -0.39 is 0 Å². The Morgan fingerprint density at radius 3 is 2.35 bits per heavy atom. The lowest BCUT2D eigenvalue weighted by Crippen LogP contribution is -2.45. The SMILES string of the molecule is CCC(=O)N1CCCN(C(=O)C(C)NC)CC1. The van der Waals surface area contributed by atoms with Gasteiger partial charge in [0.25, 0.3) is 0 Å². The van der Waals surface area contributed by atoms with Crippen LogP contribution in [0, 0.1) is 0 Å². The average molecular weight is 241 g/mol. The first-order valence-electron chi connectivity index (χ1n) is 6.34. The molecule has 0 aliphatic carbocycles. The molecule has 0 aromatic heterocycles. The van der Waals surface area contributed by atoms with Gasteiger partial charge in [-0.25, -0.2) is 0 Å². The van der Waals surface area contributed by atoms with Crippen molar-refractivity contribution in [2.75, 3.05) is 33.2 Å². The summed E-state index contributed by atoms with van der Waals surface area (Å²) in [5.74, 6) is 0.305. The predicted octanol–water partition coefficient (Wildman–Crippen LogP) is 0.0652. The van der Waals surface area contributed by atoms with Gasteiger partial charge in [-0.1, -0.05) is 6.92 Å². The summed E-state index contributed by atoms with van der Waals surface area (Å²) in [6.45, 7) is 6.57. The fraction of sp³-hybridized carbons (Fsp3) is 0.833. The molecule has 1 atom stereocenters. The number of nitrogens with one attached hydrogen (secondary N) is 1. The van der Waals surface area contributed by atoms with Crippen molar-refractivity contribution in [2.24, 2.45) is 0 Å². The highest BCUT2D eigenvalue weighted by atomic mass is 16.2. The predicted molar refractivity (Wildman–Crippen MR) is 66.6 cm³/mol. The normalized spacial score (nSPS) is 18.8. The Labute approximate surface area is 103 Å². The van der Waals surface area contributed by atoms with E-state index in [0.29, 0.717) is 19.5 Å². The van der Waals surface area contributed by atoms with Gasteiger partial charge < -0.3 is 15.1 Å². The van der Waals surface area contributed by atoms with E-state index in [2.05, 4.69) is 5.32 Å². The highest BCUT2D eigenvalue weighted by molar-refractivity contribution is 5.81. The summed E-state index contributed by atoms with van der Waals surface area (Å²) >= 11 is 0. The highest BCUT2D eigenvalue weighted by Crippen LogP contribution is 2.06. The number of hydrogen-bond acceptors (Lipinski definition) is 3. The zero-order valence-corrected chi connectivity index (χ0v) is 11.0. The second kappa shape index (κ2) is 6.59. The zero-order chi connectivity index (χ0) is 12.8. The van der Waals surface area contributed by atoms with Crippen LogP contribution in [0.5, 0.6) is 0 Å². The number of carbonyl (C=O) groups excluding carboxylic acids is 2. The fourth-order valence-corrected chi connectivity index (χ4v) is 2.01. The first-order valence-corrected chi connectivity index (χ1v) is 6.34. The van der Waals surface area contributed by atoms with Crippen molar-refractivity contribution in [1.82, 2.24) is 15.1 Å². The van der Waals surface area contributed by atoms with Crippen molar-refractivity contribution < 1.29 is 9.59 Å². The van der Waals surface area contributed by atoms with Gasteiger partial charge in [0.05, 0.1) is 6.04 Å². The summed E-state index contributed by atoms with van der Waals surface area (Å²) in [6.07, 6.45) is 1.41. The van der Waals surface area contributed by atoms with E-state index >= 15 is 0 Å². The number of amides is 2. The molecule has 0 radical (unpaired) electrons. The molecule has 1 saturated heterocycles. The van der Waals surface area contributed by atoms with Crippen LogP contribution in [-0.4, -0.2) is 60.9 Å². The first-order chi connectivity index (χ1) is 8.10. The molecule has 1 aliphatic heterocycles. The second-order valence-electron chi connectivity index (χ2n) is 4.42. The molecule has 1 aliphatic rings. The lowest BCUT2D eigenvalue weighted by atomic mass is 10.2. The highest BCUT2D eigenvalue weighted by Gasteiger charge is 2.23. The molecular weight excluding hydrogens is 218 g/mol. The first kappa shape index (κ1) is 14.0. The third-order valence-electron chi connectivity index (χ3n) is 3.27. The molecular formula is C12H23N3O2. The Balaban J connectivity index is 2.53. The molecule has 5 nitrogen and oxygen atoms in total. The lowest BCUT2D eigenvalue weighted by molar-refractivity contribution is -0.134. The Bertz CT molecular complexity index is 281. The van der Waals surface area contributed by atoms with Crippen LogP contribution in [0.15, 0.2) is 0 Å². The van der Waals surface area contributed by atoms with Gasteiger partial charge in [0, 0.05) is 32.6 Å². The number of carbonyl (C=O) groups is 2. The molecule has 0 saturated carbocycles. The average Bonchev–Trinajstić information content (AvgIpc) is 2.61. The van der Waals surface area contributed by atoms with E-state index in [1.165, 1.54) is 0 Å². The van der Waals surface area contributed by atoms with Gasteiger partial charge in [-0.2, -0.15) is 0 Å². The van der Waals surface area contributed by atoms with Gasteiger partial charge in [-0.3, -0.25) is 9.59 Å². The quantitative estimate of drug-likeness (QED) is 0.760. The van der Waals surface area contributed by atoms with Gasteiger partial charge in [-0.05, 0) is 20.4 Å². The molecule has 0 bridgehead atoms. The maximum Gasteiger partial charge on any atom is 0.239 e. The monoisotopic (exact) mass is 241 g/mol. The molecule has 1 N–H and O–H groups in total. The molecule has 2 amide bonds. The maximum absolute atomic E-state index is 12.0. The molecule has 98 valence electrons. The molecule has 1 fully saturated rings. The minimum Gasteiger partial charge on any atom is -0.341 e. The largest absolute Gasteiger partial charge is 0.341 e. The topological polar surface area (TPSA) is 52.7 Å². The molecule has 0 aromatic rings. The van der Waals surface area contributed by atoms with Gasteiger partial charge >= 0.3 is 0 Å². The van der Waals surface area contributed by atoms with Crippen LogP contribution in [0.4, 0.5) is 0 Å². The summed E-state index contributed by atoms with van der Waals surface area (Å²) in [5, 5.41) is 2.96. The number of rotatable bonds is 3. The summed E-state index contributed by atoms with van der Waals surface area (Å²) < 4.78 is 0. The molecule has 1 rings (SSSR count). The molecule has 0 spiro atoms. The van der Waals surface area contributed by atoms with Crippen molar-refractivity contribution in [1.29, 1.82) is 0 Å². The number of nitrogens with zero attached hydrogens (tertiary/aromatic N) is 2. The Hall–Kier alpha value is -1.10. The van der Waals surface area contributed by atoms with Crippen molar-refractivity contribution in [3.63, 3.8) is 0 Å². The molecule has 1 unspecified atom stereocenters. The van der Waals surface area contributed by atoms with E-state index in [1.54, 1.807) is 7.05 Å². The third-order valence-corrected chi connectivity index (χ3v) is 3.27. The van der Waals surface area contributed by atoms with Crippen LogP contribution < -0.4 is 5.32 Å². The van der Waals surface area contributed by atoms with Crippen LogP contribution >= 0.6 is 0 Å². The van der Waals surface area contributed by atoms with Crippen molar-refractivity contribution in [3.05, 3.63) is 0 Å². The maximum atomic E-state index is 12.0. The standard InChI is InChI=1S/C12H23N3O2/c1-4-11(16)14-6-5-7-15(9-8-14)12(17)10(2)13-3/h10,13H,4-9H2,1-3H3. The van der Waals surface area contributed by atoms with Gasteiger partial charge in [0.15, 0.2) is 0 Å².